The Morgan fingerprint density at radius 1 is 1.32 bits per heavy atom. The van der Waals surface area contributed by atoms with Gasteiger partial charge in [-0.1, -0.05) is 13.3 Å². The molecule has 130 valence electrons. The molecule has 1 amide bonds. The van der Waals surface area contributed by atoms with E-state index in [0.29, 0.717) is 12.6 Å². The maximum Gasteiger partial charge on any atom is 0.407 e. The third-order valence-corrected chi connectivity index (χ3v) is 3.89. The van der Waals surface area contributed by atoms with Gasteiger partial charge in [-0.3, -0.25) is 0 Å². The molecule has 1 rings (SSSR count). The SMILES string of the molecule is CCCCN1CCC(NC(C)CNC(=O)OC(C)(C)C)CC1. The standard InChI is InChI=1S/C17H35N3O2/c1-6-7-10-20-11-8-15(9-12-20)19-14(2)13-18-16(21)22-17(3,4)5/h14-15,19H,6-13H2,1-5H3,(H,18,21). The van der Waals surface area contributed by atoms with Crippen LogP contribution in [0.3, 0.4) is 0 Å². The highest BCUT2D eigenvalue weighted by molar-refractivity contribution is 5.67. The molecule has 0 aromatic heterocycles. The second-order valence-corrected chi connectivity index (χ2v) is 7.42. The van der Waals surface area contributed by atoms with E-state index in [1.165, 1.54) is 45.3 Å². The van der Waals surface area contributed by atoms with E-state index >= 15 is 0 Å². The summed E-state index contributed by atoms with van der Waals surface area (Å²) in [5, 5.41) is 6.45. The van der Waals surface area contributed by atoms with Crippen molar-refractivity contribution >= 4 is 6.09 Å². The van der Waals surface area contributed by atoms with E-state index in [1.54, 1.807) is 0 Å². The summed E-state index contributed by atoms with van der Waals surface area (Å²) in [4.78, 5) is 14.2. The molecule has 22 heavy (non-hydrogen) atoms. The van der Waals surface area contributed by atoms with Crippen LogP contribution < -0.4 is 10.6 Å². The third kappa shape index (κ3) is 8.59. The maximum absolute atomic E-state index is 11.6. The van der Waals surface area contributed by atoms with E-state index in [9.17, 15) is 4.79 Å². The van der Waals surface area contributed by atoms with E-state index in [2.05, 4.69) is 29.4 Å². The van der Waals surface area contributed by atoms with Gasteiger partial charge in [0.2, 0.25) is 0 Å². The van der Waals surface area contributed by atoms with Gasteiger partial charge in [-0.2, -0.15) is 0 Å². The summed E-state index contributed by atoms with van der Waals surface area (Å²) in [7, 11) is 0. The number of nitrogens with one attached hydrogen (secondary N) is 2. The number of rotatable bonds is 7. The summed E-state index contributed by atoms with van der Waals surface area (Å²) in [5.41, 5.74) is -0.438. The molecule has 1 aliphatic rings. The molecule has 0 aliphatic carbocycles. The molecule has 5 nitrogen and oxygen atoms in total. The highest BCUT2D eigenvalue weighted by Crippen LogP contribution is 2.12. The number of carbonyl (C=O) groups is 1. The lowest BCUT2D eigenvalue weighted by molar-refractivity contribution is 0.0521. The van der Waals surface area contributed by atoms with Crippen molar-refractivity contribution in [3.8, 4) is 0 Å². The number of ether oxygens (including phenoxy) is 1. The summed E-state index contributed by atoms with van der Waals surface area (Å²) in [6.45, 7) is 14.2. The van der Waals surface area contributed by atoms with Gasteiger partial charge in [-0.15, -0.1) is 0 Å². The van der Waals surface area contributed by atoms with E-state index in [4.69, 9.17) is 4.74 Å². The van der Waals surface area contributed by atoms with Crippen LogP contribution in [-0.4, -0.2) is 54.9 Å². The van der Waals surface area contributed by atoms with E-state index < -0.39 is 5.60 Å². The number of alkyl carbamates (subject to hydrolysis) is 1. The number of hydrogen-bond donors (Lipinski definition) is 2. The first-order valence-corrected chi connectivity index (χ1v) is 8.75. The van der Waals surface area contributed by atoms with E-state index in [1.807, 2.05) is 20.8 Å². The van der Waals surface area contributed by atoms with Crippen LogP contribution in [-0.2, 0) is 4.74 Å². The number of amides is 1. The molecule has 0 aromatic rings. The van der Waals surface area contributed by atoms with Crippen LogP contribution in [0, 0.1) is 0 Å². The Kier molecular flexibility index (Phi) is 8.18. The second-order valence-electron chi connectivity index (χ2n) is 7.42. The lowest BCUT2D eigenvalue weighted by Gasteiger charge is -2.34. The Balaban J connectivity index is 2.15. The van der Waals surface area contributed by atoms with Crippen molar-refractivity contribution in [2.24, 2.45) is 0 Å². The minimum absolute atomic E-state index is 0.264. The normalized spacial score (nSPS) is 19.0. The number of unbranched alkanes of at least 4 members (excludes halogenated alkanes) is 1. The van der Waals surface area contributed by atoms with E-state index in [0.717, 1.165) is 0 Å². The van der Waals surface area contributed by atoms with Gasteiger partial charge in [0, 0.05) is 18.6 Å². The lowest BCUT2D eigenvalue weighted by atomic mass is 10.0. The van der Waals surface area contributed by atoms with Crippen molar-refractivity contribution in [2.45, 2.75) is 78.0 Å². The molecule has 1 aliphatic heterocycles. The molecule has 1 heterocycles. The predicted molar refractivity (Wildman–Crippen MR) is 91.2 cm³/mol. The number of piperidine rings is 1. The van der Waals surface area contributed by atoms with Gasteiger partial charge >= 0.3 is 6.09 Å². The van der Waals surface area contributed by atoms with Gasteiger partial charge in [-0.05, 0) is 66.6 Å². The molecule has 1 unspecified atom stereocenters. The van der Waals surface area contributed by atoms with Crippen LogP contribution in [0.1, 0.15) is 60.3 Å². The molecule has 2 N–H and O–H groups in total. The van der Waals surface area contributed by atoms with Gasteiger partial charge in [0.15, 0.2) is 0 Å². The first-order chi connectivity index (χ1) is 10.3. The number of carbonyl (C=O) groups excluding carboxylic acids is 1. The van der Waals surface area contributed by atoms with Gasteiger partial charge in [0.1, 0.15) is 5.60 Å². The minimum atomic E-state index is -0.438. The summed E-state index contributed by atoms with van der Waals surface area (Å²) < 4.78 is 5.25. The van der Waals surface area contributed by atoms with Crippen molar-refractivity contribution in [1.82, 2.24) is 15.5 Å². The van der Waals surface area contributed by atoms with Gasteiger partial charge < -0.3 is 20.3 Å². The zero-order valence-corrected chi connectivity index (χ0v) is 15.1. The Labute approximate surface area is 136 Å². The molecule has 1 fully saturated rings. The summed E-state index contributed by atoms with van der Waals surface area (Å²) in [6, 6.07) is 0.827. The summed E-state index contributed by atoms with van der Waals surface area (Å²) in [6.07, 6.45) is 4.62. The number of hydrogen-bond acceptors (Lipinski definition) is 4. The van der Waals surface area contributed by atoms with Crippen molar-refractivity contribution in [1.29, 1.82) is 0 Å². The molecule has 0 bridgehead atoms. The molecule has 0 saturated carbocycles. The Morgan fingerprint density at radius 2 is 1.95 bits per heavy atom. The topological polar surface area (TPSA) is 53.6 Å². The smallest absolute Gasteiger partial charge is 0.407 e. The number of nitrogens with zero attached hydrogens (tertiary/aromatic N) is 1. The average molecular weight is 313 g/mol. The van der Waals surface area contributed by atoms with Gasteiger partial charge in [0.05, 0.1) is 0 Å². The molecule has 0 spiro atoms. The molecule has 1 atom stereocenters. The molecular weight excluding hydrogens is 278 g/mol. The Morgan fingerprint density at radius 3 is 2.50 bits per heavy atom. The fourth-order valence-corrected chi connectivity index (χ4v) is 2.72. The highest BCUT2D eigenvalue weighted by atomic mass is 16.6. The molecule has 5 heteroatoms. The molecule has 1 saturated heterocycles. The number of likely N-dealkylation sites (tertiary alicyclic amines) is 1. The predicted octanol–water partition coefficient (Wildman–Crippen LogP) is 2.75. The van der Waals surface area contributed by atoms with E-state index in [-0.39, 0.29) is 12.1 Å². The monoisotopic (exact) mass is 313 g/mol. The van der Waals surface area contributed by atoms with Crippen LogP contribution >= 0.6 is 0 Å². The Bertz CT molecular complexity index is 320. The van der Waals surface area contributed by atoms with Crippen molar-refractivity contribution in [3.05, 3.63) is 0 Å². The first kappa shape index (κ1) is 19.2. The lowest BCUT2D eigenvalue weighted by Crippen LogP contribution is -2.49. The quantitative estimate of drug-likeness (QED) is 0.759. The van der Waals surface area contributed by atoms with Crippen LogP contribution in [0.4, 0.5) is 4.79 Å². The molecule has 0 aromatic carbocycles. The van der Waals surface area contributed by atoms with Crippen LogP contribution in [0.15, 0.2) is 0 Å². The van der Waals surface area contributed by atoms with Crippen LogP contribution in [0.25, 0.3) is 0 Å². The Hall–Kier alpha value is -0.810. The second kappa shape index (κ2) is 9.36. The average Bonchev–Trinajstić information content (AvgIpc) is 2.43. The van der Waals surface area contributed by atoms with Gasteiger partial charge in [-0.25, -0.2) is 4.79 Å². The van der Waals surface area contributed by atoms with Crippen LogP contribution in [0.2, 0.25) is 0 Å². The summed E-state index contributed by atoms with van der Waals surface area (Å²) >= 11 is 0. The minimum Gasteiger partial charge on any atom is -0.444 e. The van der Waals surface area contributed by atoms with Crippen molar-refractivity contribution in [3.63, 3.8) is 0 Å². The zero-order chi connectivity index (χ0) is 16.6. The maximum atomic E-state index is 11.6. The van der Waals surface area contributed by atoms with Crippen LogP contribution in [0.5, 0.6) is 0 Å². The first-order valence-electron chi connectivity index (χ1n) is 8.75. The van der Waals surface area contributed by atoms with Gasteiger partial charge in [0.25, 0.3) is 0 Å². The summed E-state index contributed by atoms with van der Waals surface area (Å²) in [5.74, 6) is 0. The third-order valence-electron chi connectivity index (χ3n) is 3.89. The molecular formula is C17H35N3O2. The molecule has 0 radical (unpaired) electrons. The van der Waals surface area contributed by atoms with Crippen molar-refractivity contribution in [2.75, 3.05) is 26.2 Å². The highest BCUT2D eigenvalue weighted by Gasteiger charge is 2.21. The fourth-order valence-electron chi connectivity index (χ4n) is 2.72. The van der Waals surface area contributed by atoms with Crippen molar-refractivity contribution < 1.29 is 9.53 Å². The zero-order valence-electron chi connectivity index (χ0n) is 15.1. The largest absolute Gasteiger partial charge is 0.444 e. The fraction of sp³-hybridized carbons (Fsp3) is 0.941.